The SMILES string of the molecule is Cc1nc2ncc(C(=O)N3CCCC[C@H]3c3ccc(F)cc3)c(=O)n2[nH]1. The fourth-order valence-electron chi connectivity index (χ4n) is 3.47. The Labute approximate surface area is 148 Å². The predicted molar refractivity (Wildman–Crippen MR) is 92.4 cm³/mol. The van der Waals surface area contributed by atoms with Crippen molar-refractivity contribution >= 4 is 11.7 Å². The highest BCUT2D eigenvalue weighted by Gasteiger charge is 2.30. The van der Waals surface area contributed by atoms with Crippen molar-refractivity contribution in [3.05, 3.63) is 63.6 Å². The third-order valence-corrected chi connectivity index (χ3v) is 4.73. The van der Waals surface area contributed by atoms with Crippen molar-refractivity contribution in [2.24, 2.45) is 0 Å². The number of H-pyrrole nitrogens is 1. The number of benzene rings is 1. The molecule has 3 aromatic rings. The third-order valence-electron chi connectivity index (χ3n) is 4.73. The summed E-state index contributed by atoms with van der Waals surface area (Å²) in [6.45, 7) is 2.26. The molecular formula is C18H18FN5O2. The molecule has 1 aromatic carbocycles. The van der Waals surface area contributed by atoms with Crippen LogP contribution in [0.15, 0.2) is 35.3 Å². The van der Waals surface area contributed by atoms with E-state index in [-0.39, 0.29) is 29.1 Å². The average molecular weight is 355 g/mol. The Kier molecular flexibility index (Phi) is 4.02. The third kappa shape index (κ3) is 2.77. The minimum absolute atomic E-state index is 0.000150. The molecule has 4 rings (SSSR count). The van der Waals surface area contributed by atoms with Crippen molar-refractivity contribution < 1.29 is 9.18 Å². The van der Waals surface area contributed by atoms with Gasteiger partial charge in [-0.05, 0) is 43.9 Å². The van der Waals surface area contributed by atoms with E-state index in [0.717, 1.165) is 24.8 Å². The molecular weight excluding hydrogens is 337 g/mol. The van der Waals surface area contributed by atoms with Crippen LogP contribution < -0.4 is 5.56 Å². The monoisotopic (exact) mass is 355 g/mol. The van der Waals surface area contributed by atoms with E-state index in [9.17, 15) is 14.0 Å². The van der Waals surface area contributed by atoms with Gasteiger partial charge in [-0.1, -0.05) is 12.1 Å². The zero-order chi connectivity index (χ0) is 18.3. The lowest BCUT2D eigenvalue weighted by molar-refractivity contribution is 0.0609. The van der Waals surface area contributed by atoms with Crippen LogP contribution in [0.4, 0.5) is 4.39 Å². The molecule has 0 bridgehead atoms. The lowest BCUT2D eigenvalue weighted by Crippen LogP contribution is -2.41. The number of nitrogens with one attached hydrogen (secondary N) is 1. The van der Waals surface area contributed by atoms with E-state index in [1.165, 1.54) is 22.8 Å². The zero-order valence-electron chi connectivity index (χ0n) is 14.3. The lowest BCUT2D eigenvalue weighted by atomic mass is 9.94. The molecule has 7 nitrogen and oxygen atoms in total. The van der Waals surface area contributed by atoms with Crippen LogP contribution in [-0.4, -0.2) is 36.9 Å². The number of amides is 1. The average Bonchev–Trinajstić information content (AvgIpc) is 3.04. The molecule has 26 heavy (non-hydrogen) atoms. The van der Waals surface area contributed by atoms with Gasteiger partial charge in [0, 0.05) is 12.7 Å². The molecule has 3 heterocycles. The van der Waals surface area contributed by atoms with E-state index < -0.39 is 5.56 Å². The second-order valence-electron chi connectivity index (χ2n) is 6.48. The molecule has 2 aromatic heterocycles. The quantitative estimate of drug-likeness (QED) is 0.764. The number of nitrogens with zero attached hydrogens (tertiary/aromatic N) is 4. The maximum absolute atomic E-state index is 13.2. The van der Waals surface area contributed by atoms with E-state index in [4.69, 9.17) is 0 Å². The van der Waals surface area contributed by atoms with Crippen molar-refractivity contribution in [3.8, 4) is 0 Å². The van der Waals surface area contributed by atoms with Gasteiger partial charge < -0.3 is 4.90 Å². The first-order valence-electron chi connectivity index (χ1n) is 8.55. The van der Waals surface area contributed by atoms with E-state index in [2.05, 4.69) is 15.1 Å². The first-order chi connectivity index (χ1) is 12.5. The minimum atomic E-state index is -0.468. The van der Waals surface area contributed by atoms with Gasteiger partial charge >= 0.3 is 0 Å². The van der Waals surface area contributed by atoms with Crippen LogP contribution in [0.2, 0.25) is 0 Å². The van der Waals surface area contributed by atoms with Crippen LogP contribution >= 0.6 is 0 Å². The molecule has 1 saturated heterocycles. The highest BCUT2D eigenvalue weighted by molar-refractivity contribution is 5.94. The summed E-state index contributed by atoms with van der Waals surface area (Å²) in [5.41, 5.74) is 0.398. The molecule has 1 amide bonds. The highest BCUT2D eigenvalue weighted by atomic mass is 19.1. The van der Waals surface area contributed by atoms with Crippen LogP contribution in [0.3, 0.4) is 0 Å². The number of likely N-dealkylation sites (tertiary alicyclic amines) is 1. The topological polar surface area (TPSA) is 83.4 Å². The van der Waals surface area contributed by atoms with Crippen molar-refractivity contribution in [2.75, 3.05) is 6.54 Å². The van der Waals surface area contributed by atoms with Crippen LogP contribution in [-0.2, 0) is 0 Å². The summed E-state index contributed by atoms with van der Waals surface area (Å²) in [7, 11) is 0. The number of aromatic nitrogens is 4. The summed E-state index contributed by atoms with van der Waals surface area (Å²) < 4.78 is 14.4. The molecule has 0 spiro atoms. The van der Waals surface area contributed by atoms with Gasteiger partial charge in [0.15, 0.2) is 0 Å². The number of carbonyl (C=O) groups excluding carboxylic acids is 1. The maximum atomic E-state index is 13.2. The molecule has 1 atom stereocenters. The van der Waals surface area contributed by atoms with Crippen LogP contribution in [0.1, 0.15) is 47.1 Å². The second kappa shape index (κ2) is 6.36. The molecule has 1 aliphatic heterocycles. The van der Waals surface area contributed by atoms with Gasteiger partial charge in [0.1, 0.15) is 17.2 Å². The summed E-state index contributed by atoms with van der Waals surface area (Å²) in [6.07, 6.45) is 3.90. The number of rotatable bonds is 2. The first kappa shape index (κ1) is 16.4. The molecule has 1 N–H and O–H groups in total. The molecule has 0 radical (unpaired) electrons. The summed E-state index contributed by atoms with van der Waals surface area (Å²) in [4.78, 5) is 35.6. The second-order valence-corrected chi connectivity index (χ2v) is 6.48. The van der Waals surface area contributed by atoms with Crippen molar-refractivity contribution in [2.45, 2.75) is 32.2 Å². The minimum Gasteiger partial charge on any atom is -0.331 e. The Morgan fingerprint density at radius 3 is 2.81 bits per heavy atom. The molecule has 0 unspecified atom stereocenters. The van der Waals surface area contributed by atoms with Crippen molar-refractivity contribution in [3.63, 3.8) is 0 Å². The van der Waals surface area contributed by atoms with Gasteiger partial charge in [-0.3, -0.25) is 14.7 Å². The van der Waals surface area contributed by atoms with Gasteiger partial charge in [0.25, 0.3) is 17.2 Å². The van der Waals surface area contributed by atoms with Crippen molar-refractivity contribution in [1.29, 1.82) is 0 Å². The van der Waals surface area contributed by atoms with Gasteiger partial charge in [-0.2, -0.15) is 9.50 Å². The Morgan fingerprint density at radius 2 is 2.04 bits per heavy atom. The molecule has 134 valence electrons. The Morgan fingerprint density at radius 1 is 1.27 bits per heavy atom. The summed E-state index contributed by atoms with van der Waals surface area (Å²) in [6, 6.07) is 5.99. The highest BCUT2D eigenvalue weighted by Crippen LogP contribution is 2.31. The van der Waals surface area contributed by atoms with E-state index in [0.29, 0.717) is 12.4 Å². The summed E-state index contributed by atoms with van der Waals surface area (Å²) in [5, 5.41) is 2.79. The molecule has 8 heteroatoms. The summed E-state index contributed by atoms with van der Waals surface area (Å²) in [5.74, 6) is 0.0993. The van der Waals surface area contributed by atoms with Gasteiger partial charge in [0.2, 0.25) is 0 Å². The number of aryl methyl sites for hydroxylation is 1. The number of fused-ring (bicyclic) bond motifs is 1. The normalized spacial score (nSPS) is 17.6. The van der Waals surface area contributed by atoms with Crippen LogP contribution in [0, 0.1) is 12.7 Å². The smallest absolute Gasteiger partial charge is 0.286 e. The number of hydrogen-bond donors (Lipinski definition) is 1. The standard InChI is InChI=1S/C18H18FN5O2/c1-11-21-18-20-10-14(17(26)24(18)22-11)16(25)23-9-3-2-4-15(23)12-5-7-13(19)8-6-12/h5-8,10,15H,2-4,9H2,1H3,(H,20,21,22)/t15-/m0/s1. The molecule has 1 aliphatic rings. The number of aromatic amines is 1. The van der Waals surface area contributed by atoms with Gasteiger partial charge in [0.05, 0.1) is 6.04 Å². The van der Waals surface area contributed by atoms with Crippen molar-refractivity contribution in [1.82, 2.24) is 24.5 Å². The lowest BCUT2D eigenvalue weighted by Gasteiger charge is -2.36. The fraction of sp³-hybridized carbons (Fsp3) is 0.333. The Hall–Kier alpha value is -3.03. The Bertz CT molecular complexity index is 1020. The van der Waals surface area contributed by atoms with E-state index in [1.54, 1.807) is 24.0 Å². The van der Waals surface area contributed by atoms with Gasteiger partial charge in [-0.15, -0.1) is 0 Å². The largest absolute Gasteiger partial charge is 0.331 e. The number of hydrogen-bond acceptors (Lipinski definition) is 4. The molecule has 1 fully saturated rings. The van der Waals surface area contributed by atoms with E-state index in [1.807, 2.05) is 0 Å². The predicted octanol–water partition coefficient (Wildman–Crippen LogP) is 2.23. The molecule has 0 aliphatic carbocycles. The van der Waals surface area contributed by atoms with Crippen LogP contribution in [0.25, 0.3) is 5.78 Å². The maximum Gasteiger partial charge on any atom is 0.286 e. The zero-order valence-corrected chi connectivity index (χ0v) is 14.3. The first-order valence-corrected chi connectivity index (χ1v) is 8.55. The van der Waals surface area contributed by atoms with Gasteiger partial charge in [-0.25, -0.2) is 9.37 Å². The van der Waals surface area contributed by atoms with Crippen LogP contribution in [0.5, 0.6) is 0 Å². The number of piperidine rings is 1. The Balaban J connectivity index is 1.72. The summed E-state index contributed by atoms with van der Waals surface area (Å²) >= 11 is 0. The fourth-order valence-corrected chi connectivity index (χ4v) is 3.47. The number of carbonyl (C=O) groups is 1. The molecule has 0 saturated carbocycles. The number of halogens is 1. The van der Waals surface area contributed by atoms with E-state index >= 15 is 0 Å².